The number of carbonyl (C=O) groups excluding carboxylic acids is 1. The van der Waals surface area contributed by atoms with E-state index in [0.717, 1.165) is 16.9 Å². The van der Waals surface area contributed by atoms with Gasteiger partial charge in [-0.1, -0.05) is 29.8 Å². The highest BCUT2D eigenvalue weighted by atomic mass is 35.5. The second-order valence-electron chi connectivity index (χ2n) is 6.91. The standard InChI is InChI=1S/C25H16ClNO4/c1-29-18-12-8-15(9-13-18)22-14-20(19-4-2-3-5-21(19)30-22)23-25(28)31-24(27-23)16-6-10-17(26)11-7-16/h2-14H,1H3/b23-20-. The highest BCUT2D eigenvalue weighted by Gasteiger charge is 2.30. The number of ether oxygens (including phenoxy) is 3. The van der Waals surface area contributed by atoms with Gasteiger partial charge in [0.1, 0.15) is 17.3 Å². The van der Waals surface area contributed by atoms with Crippen molar-refractivity contribution < 1.29 is 19.0 Å². The SMILES string of the molecule is COc1ccc(C2=C/C(=C3/N=C(c4ccc(Cl)cc4)OC3=O)c3ccccc3O2)cc1. The number of cyclic esters (lactones) is 1. The van der Waals surface area contributed by atoms with Gasteiger partial charge in [-0.15, -0.1) is 0 Å². The maximum atomic E-state index is 12.8. The van der Waals surface area contributed by atoms with Crippen LogP contribution in [0.3, 0.4) is 0 Å². The topological polar surface area (TPSA) is 57.1 Å². The van der Waals surface area contributed by atoms with E-state index in [-0.39, 0.29) is 11.6 Å². The monoisotopic (exact) mass is 429 g/mol. The molecule has 0 radical (unpaired) electrons. The van der Waals surface area contributed by atoms with Crippen LogP contribution in [0.25, 0.3) is 11.3 Å². The fourth-order valence-electron chi connectivity index (χ4n) is 3.42. The van der Waals surface area contributed by atoms with Crippen molar-refractivity contribution in [1.82, 2.24) is 0 Å². The van der Waals surface area contributed by atoms with Crippen molar-refractivity contribution in [2.75, 3.05) is 7.11 Å². The molecule has 5 rings (SSSR count). The number of hydrogen-bond donors (Lipinski definition) is 0. The van der Waals surface area contributed by atoms with Gasteiger partial charge in [0.15, 0.2) is 5.70 Å². The van der Waals surface area contributed by atoms with E-state index >= 15 is 0 Å². The number of carbonyl (C=O) groups is 1. The molecule has 0 aromatic heterocycles. The first-order valence-electron chi connectivity index (χ1n) is 9.57. The van der Waals surface area contributed by atoms with E-state index in [9.17, 15) is 4.79 Å². The third-order valence-electron chi connectivity index (χ3n) is 4.99. The molecule has 0 saturated heterocycles. The molecule has 31 heavy (non-hydrogen) atoms. The Balaban J connectivity index is 1.64. The molecule has 0 amide bonds. The zero-order valence-corrected chi connectivity index (χ0v) is 17.2. The molecule has 0 fully saturated rings. The van der Waals surface area contributed by atoms with Crippen LogP contribution in [0.4, 0.5) is 0 Å². The lowest BCUT2D eigenvalue weighted by Gasteiger charge is -2.20. The lowest BCUT2D eigenvalue weighted by Crippen LogP contribution is -2.08. The molecular weight excluding hydrogens is 414 g/mol. The van der Waals surface area contributed by atoms with Crippen LogP contribution in [0, 0.1) is 0 Å². The highest BCUT2D eigenvalue weighted by Crippen LogP contribution is 2.40. The zero-order valence-electron chi connectivity index (χ0n) is 16.5. The first kappa shape index (κ1) is 19.2. The Morgan fingerprint density at radius 2 is 1.58 bits per heavy atom. The van der Waals surface area contributed by atoms with E-state index in [1.165, 1.54) is 0 Å². The minimum atomic E-state index is -0.512. The summed E-state index contributed by atoms with van der Waals surface area (Å²) >= 11 is 5.96. The summed E-state index contributed by atoms with van der Waals surface area (Å²) in [5.41, 5.74) is 3.16. The van der Waals surface area contributed by atoms with Gasteiger partial charge in [-0.05, 0) is 60.7 Å². The minimum Gasteiger partial charge on any atom is -0.497 e. The maximum absolute atomic E-state index is 12.8. The Hall–Kier alpha value is -3.83. The fraction of sp³-hybridized carbons (Fsp3) is 0.0400. The lowest BCUT2D eigenvalue weighted by atomic mass is 9.97. The van der Waals surface area contributed by atoms with Gasteiger partial charge in [-0.2, -0.15) is 0 Å². The molecule has 2 aliphatic heterocycles. The lowest BCUT2D eigenvalue weighted by molar-refractivity contribution is -0.129. The molecule has 0 aliphatic carbocycles. The Kier molecular flexibility index (Phi) is 4.81. The number of methoxy groups -OCH3 is 1. The third kappa shape index (κ3) is 3.60. The Morgan fingerprint density at radius 1 is 0.871 bits per heavy atom. The van der Waals surface area contributed by atoms with Crippen LogP contribution < -0.4 is 9.47 Å². The van der Waals surface area contributed by atoms with Gasteiger partial charge < -0.3 is 14.2 Å². The van der Waals surface area contributed by atoms with Gasteiger partial charge >= 0.3 is 5.97 Å². The summed E-state index contributed by atoms with van der Waals surface area (Å²) in [7, 11) is 1.62. The summed E-state index contributed by atoms with van der Waals surface area (Å²) in [5, 5.41) is 0.595. The average molecular weight is 430 g/mol. The Labute approximate surface area is 183 Å². The molecular formula is C25H16ClNO4. The Morgan fingerprint density at radius 3 is 2.32 bits per heavy atom. The first-order valence-corrected chi connectivity index (χ1v) is 9.94. The number of halogens is 1. The number of esters is 1. The molecule has 3 aromatic rings. The molecule has 5 nitrogen and oxygen atoms in total. The first-order chi connectivity index (χ1) is 15.1. The van der Waals surface area contributed by atoms with Crippen LogP contribution in [-0.4, -0.2) is 19.0 Å². The quantitative estimate of drug-likeness (QED) is 0.407. The number of allylic oxidation sites excluding steroid dienone is 2. The smallest absolute Gasteiger partial charge is 0.364 e. The van der Waals surface area contributed by atoms with Gasteiger partial charge in [0, 0.05) is 27.3 Å². The van der Waals surface area contributed by atoms with Crippen LogP contribution in [0.5, 0.6) is 11.5 Å². The number of hydrogen-bond acceptors (Lipinski definition) is 5. The normalized spacial score (nSPS) is 17.3. The van der Waals surface area contributed by atoms with E-state index in [1.807, 2.05) is 54.6 Å². The largest absolute Gasteiger partial charge is 0.497 e. The summed E-state index contributed by atoms with van der Waals surface area (Å²) in [5.74, 6) is 1.72. The predicted octanol–water partition coefficient (Wildman–Crippen LogP) is 5.50. The molecule has 2 heterocycles. The highest BCUT2D eigenvalue weighted by molar-refractivity contribution is 6.30. The van der Waals surface area contributed by atoms with Crippen LogP contribution >= 0.6 is 11.6 Å². The second kappa shape index (κ2) is 7.78. The van der Waals surface area contributed by atoms with Gasteiger partial charge in [-0.25, -0.2) is 9.79 Å². The third-order valence-corrected chi connectivity index (χ3v) is 5.24. The van der Waals surface area contributed by atoms with Crippen molar-refractivity contribution in [3.63, 3.8) is 0 Å². The number of fused-ring (bicyclic) bond motifs is 1. The molecule has 6 heteroatoms. The number of benzene rings is 3. The second-order valence-corrected chi connectivity index (χ2v) is 7.35. The van der Waals surface area contributed by atoms with E-state index < -0.39 is 5.97 Å². The van der Waals surface area contributed by atoms with Crippen LogP contribution in [0.2, 0.25) is 5.02 Å². The molecule has 0 saturated carbocycles. The van der Waals surface area contributed by atoms with E-state index in [0.29, 0.717) is 27.7 Å². The Bertz CT molecular complexity index is 1270. The average Bonchev–Trinajstić information content (AvgIpc) is 3.20. The summed E-state index contributed by atoms with van der Waals surface area (Å²) in [6, 6.07) is 22.0. The molecule has 0 spiro atoms. The van der Waals surface area contributed by atoms with Gasteiger partial charge in [0.2, 0.25) is 5.90 Å². The molecule has 3 aromatic carbocycles. The molecule has 2 aliphatic rings. The molecule has 0 atom stereocenters. The van der Waals surface area contributed by atoms with E-state index in [1.54, 1.807) is 31.4 Å². The zero-order chi connectivity index (χ0) is 21.4. The van der Waals surface area contributed by atoms with Crippen LogP contribution in [0.15, 0.2) is 89.6 Å². The minimum absolute atomic E-state index is 0.228. The maximum Gasteiger partial charge on any atom is 0.364 e. The van der Waals surface area contributed by atoms with Gasteiger partial charge in [-0.3, -0.25) is 0 Å². The molecule has 0 N–H and O–H groups in total. The fourth-order valence-corrected chi connectivity index (χ4v) is 3.55. The number of nitrogens with zero attached hydrogens (tertiary/aromatic N) is 1. The van der Waals surface area contributed by atoms with E-state index in [2.05, 4.69) is 4.99 Å². The van der Waals surface area contributed by atoms with Gasteiger partial charge in [0.25, 0.3) is 0 Å². The van der Waals surface area contributed by atoms with Crippen molar-refractivity contribution in [2.24, 2.45) is 4.99 Å². The predicted molar refractivity (Wildman–Crippen MR) is 119 cm³/mol. The molecule has 0 unspecified atom stereocenters. The van der Waals surface area contributed by atoms with Crippen molar-refractivity contribution in [1.29, 1.82) is 0 Å². The summed E-state index contributed by atoms with van der Waals surface area (Å²) in [4.78, 5) is 17.3. The molecule has 152 valence electrons. The van der Waals surface area contributed by atoms with E-state index in [4.69, 9.17) is 25.8 Å². The van der Waals surface area contributed by atoms with Crippen molar-refractivity contribution in [2.45, 2.75) is 0 Å². The van der Waals surface area contributed by atoms with Gasteiger partial charge in [0.05, 0.1) is 7.11 Å². The number of para-hydroxylation sites is 1. The number of rotatable bonds is 3. The van der Waals surface area contributed by atoms with Crippen LogP contribution in [0.1, 0.15) is 16.7 Å². The molecule has 0 bridgehead atoms. The summed E-state index contributed by atoms with van der Waals surface area (Å²) in [6.07, 6.45) is 1.81. The van der Waals surface area contributed by atoms with Crippen molar-refractivity contribution >= 4 is 34.8 Å². The summed E-state index contributed by atoms with van der Waals surface area (Å²) < 4.78 is 16.8. The van der Waals surface area contributed by atoms with Crippen molar-refractivity contribution in [3.8, 4) is 11.5 Å². The van der Waals surface area contributed by atoms with Crippen molar-refractivity contribution in [3.05, 3.63) is 106 Å². The van der Waals surface area contributed by atoms with Crippen LogP contribution in [-0.2, 0) is 9.53 Å². The number of aliphatic imine (C=N–C) groups is 1. The summed E-state index contributed by atoms with van der Waals surface area (Å²) in [6.45, 7) is 0.